The molecule has 15 heavy (non-hydrogen) atoms. The summed E-state index contributed by atoms with van der Waals surface area (Å²) in [7, 11) is 0. The van der Waals surface area contributed by atoms with Gasteiger partial charge in [-0.05, 0) is 52.5 Å². The van der Waals surface area contributed by atoms with Crippen LogP contribution in [0.5, 0.6) is 0 Å². The maximum absolute atomic E-state index is 5.59. The standard InChI is InChI=1S/C13H27NO/c1-13(2,3)14-9-4-5-10-15-11-8-12-6-7-12/h12,14H,4-11H2,1-3H3. The first-order chi connectivity index (χ1) is 7.08. The molecule has 0 saturated heterocycles. The normalized spacial score (nSPS) is 17.0. The lowest BCUT2D eigenvalue weighted by Gasteiger charge is -2.20. The number of unbranched alkanes of at least 4 members (excludes halogenated alkanes) is 1. The van der Waals surface area contributed by atoms with E-state index in [1.165, 1.54) is 32.1 Å². The van der Waals surface area contributed by atoms with Gasteiger partial charge in [-0.1, -0.05) is 12.8 Å². The van der Waals surface area contributed by atoms with Crippen LogP contribution in [0.1, 0.15) is 52.9 Å². The number of nitrogens with one attached hydrogen (secondary N) is 1. The number of ether oxygens (including phenoxy) is 1. The van der Waals surface area contributed by atoms with Gasteiger partial charge in [0.2, 0.25) is 0 Å². The summed E-state index contributed by atoms with van der Waals surface area (Å²) < 4.78 is 5.59. The van der Waals surface area contributed by atoms with Gasteiger partial charge in [-0.25, -0.2) is 0 Å². The molecule has 0 aromatic heterocycles. The van der Waals surface area contributed by atoms with E-state index in [1.54, 1.807) is 0 Å². The molecule has 0 aromatic rings. The van der Waals surface area contributed by atoms with Gasteiger partial charge >= 0.3 is 0 Å². The maximum Gasteiger partial charge on any atom is 0.0468 e. The van der Waals surface area contributed by atoms with Crippen molar-refractivity contribution in [3.05, 3.63) is 0 Å². The molecular weight excluding hydrogens is 186 g/mol. The third kappa shape index (κ3) is 8.88. The summed E-state index contributed by atoms with van der Waals surface area (Å²) in [5.74, 6) is 1.01. The van der Waals surface area contributed by atoms with Crippen LogP contribution in [0.2, 0.25) is 0 Å². The van der Waals surface area contributed by atoms with E-state index in [2.05, 4.69) is 26.1 Å². The van der Waals surface area contributed by atoms with Crippen LogP contribution in [-0.2, 0) is 4.74 Å². The molecule has 0 aliphatic heterocycles. The third-order valence-corrected chi connectivity index (χ3v) is 2.74. The molecule has 0 spiro atoms. The van der Waals surface area contributed by atoms with E-state index < -0.39 is 0 Å². The highest BCUT2D eigenvalue weighted by atomic mass is 16.5. The van der Waals surface area contributed by atoms with E-state index in [0.29, 0.717) is 0 Å². The monoisotopic (exact) mass is 213 g/mol. The number of hydrogen-bond acceptors (Lipinski definition) is 2. The Morgan fingerprint density at radius 3 is 2.47 bits per heavy atom. The topological polar surface area (TPSA) is 21.3 Å². The maximum atomic E-state index is 5.59. The van der Waals surface area contributed by atoms with E-state index in [0.717, 1.165) is 25.7 Å². The molecule has 0 unspecified atom stereocenters. The second-order valence-electron chi connectivity index (χ2n) is 5.73. The Bertz CT molecular complexity index is 158. The van der Waals surface area contributed by atoms with Gasteiger partial charge in [0.1, 0.15) is 0 Å². The first-order valence-electron chi connectivity index (χ1n) is 6.41. The Kier molecular flexibility index (Phi) is 5.62. The highest BCUT2D eigenvalue weighted by Crippen LogP contribution is 2.32. The van der Waals surface area contributed by atoms with Gasteiger partial charge in [-0.2, -0.15) is 0 Å². The minimum absolute atomic E-state index is 0.257. The molecule has 1 saturated carbocycles. The van der Waals surface area contributed by atoms with E-state index in [1.807, 2.05) is 0 Å². The first-order valence-corrected chi connectivity index (χ1v) is 6.41. The van der Waals surface area contributed by atoms with Gasteiger partial charge < -0.3 is 10.1 Å². The average Bonchev–Trinajstić information content (AvgIpc) is 2.91. The average molecular weight is 213 g/mol. The molecule has 0 atom stereocenters. The molecule has 1 aliphatic carbocycles. The van der Waals surface area contributed by atoms with E-state index >= 15 is 0 Å². The zero-order chi connectivity index (χ0) is 11.1. The van der Waals surface area contributed by atoms with E-state index in [4.69, 9.17) is 4.74 Å². The van der Waals surface area contributed by atoms with Crippen molar-refractivity contribution >= 4 is 0 Å². The predicted molar refractivity (Wildman–Crippen MR) is 65.1 cm³/mol. The summed E-state index contributed by atoms with van der Waals surface area (Å²) >= 11 is 0. The fourth-order valence-corrected chi connectivity index (χ4v) is 1.55. The molecule has 0 aromatic carbocycles. The highest BCUT2D eigenvalue weighted by Gasteiger charge is 2.20. The molecule has 2 nitrogen and oxygen atoms in total. The molecule has 0 radical (unpaired) electrons. The summed E-state index contributed by atoms with van der Waals surface area (Å²) in [5, 5.41) is 3.49. The molecule has 0 amide bonds. The van der Waals surface area contributed by atoms with Crippen molar-refractivity contribution < 1.29 is 4.74 Å². The number of hydrogen-bond donors (Lipinski definition) is 1. The lowest BCUT2D eigenvalue weighted by atomic mass is 10.1. The minimum Gasteiger partial charge on any atom is -0.381 e. The summed E-state index contributed by atoms with van der Waals surface area (Å²) in [4.78, 5) is 0. The van der Waals surface area contributed by atoms with Gasteiger partial charge in [0, 0.05) is 18.8 Å². The van der Waals surface area contributed by atoms with Crippen molar-refractivity contribution in [1.29, 1.82) is 0 Å². The molecule has 0 heterocycles. The molecule has 0 bridgehead atoms. The van der Waals surface area contributed by atoms with Gasteiger partial charge in [0.15, 0.2) is 0 Å². The molecule has 1 N–H and O–H groups in total. The van der Waals surface area contributed by atoms with Gasteiger partial charge in [0.05, 0.1) is 0 Å². The van der Waals surface area contributed by atoms with Crippen LogP contribution in [0.15, 0.2) is 0 Å². The van der Waals surface area contributed by atoms with Crippen molar-refractivity contribution in [3.8, 4) is 0 Å². The van der Waals surface area contributed by atoms with Crippen LogP contribution in [0.25, 0.3) is 0 Å². The summed E-state index contributed by atoms with van der Waals surface area (Å²) in [6.07, 6.45) is 6.59. The smallest absolute Gasteiger partial charge is 0.0468 e. The van der Waals surface area contributed by atoms with Crippen LogP contribution in [0.3, 0.4) is 0 Å². The quantitative estimate of drug-likeness (QED) is 0.626. The molecule has 1 fully saturated rings. The second kappa shape index (κ2) is 6.49. The van der Waals surface area contributed by atoms with Crippen molar-refractivity contribution in [2.24, 2.45) is 5.92 Å². The fraction of sp³-hybridized carbons (Fsp3) is 1.00. The van der Waals surface area contributed by atoms with Crippen molar-refractivity contribution in [1.82, 2.24) is 5.32 Å². The zero-order valence-electron chi connectivity index (χ0n) is 10.6. The molecule has 90 valence electrons. The van der Waals surface area contributed by atoms with E-state index in [9.17, 15) is 0 Å². The Morgan fingerprint density at radius 1 is 1.13 bits per heavy atom. The summed E-state index contributed by atoms with van der Waals surface area (Å²) in [5.41, 5.74) is 0.257. The van der Waals surface area contributed by atoms with E-state index in [-0.39, 0.29) is 5.54 Å². The lowest BCUT2D eigenvalue weighted by Crippen LogP contribution is -2.36. The zero-order valence-corrected chi connectivity index (χ0v) is 10.6. The number of rotatable bonds is 8. The lowest BCUT2D eigenvalue weighted by molar-refractivity contribution is 0.124. The molecule has 2 heteroatoms. The first kappa shape index (κ1) is 13.0. The largest absolute Gasteiger partial charge is 0.381 e. The molecular formula is C13H27NO. The van der Waals surface area contributed by atoms with Crippen molar-refractivity contribution in [2.75, 3.05) is 19.8 Å². The van der Waals surface area contributed by atoms with Crippen LogP contribution < -0.4 is 5.32 Å². The van der Waals surface area contributed by atoms with Gasteiger partial charge in [0.25, 0.3) is 0 Å². The Labute approximate surface area is 94.8 Å². The van der Waals surface area contributed by atoms with Crippen LogP contribution in [-0.4, -0.2) is 25.3 Å². The fourth-order valence-electron chi connectivity index (χ4n) is 1.55. The second-order valence-corrected chi connectivity index (χ2v) is 5.73. The Balaban J connectivity index is 1.72. The Hall–Kier alpha value is -0.0800. The van der Waals surface area contributed by atoms with Gasteiger partial charge in [-0.3, -0.25) is 0 Å². The van der Waals surface area contributed by atoms with Crippen LogP contribution in [0.4, 0.5) is 0 Å². The van der Waals surface area contributed by atoms with Crippen molar-refractivity contribution in [3.63, 3.8) is 0 Å². The van der Waals surface area contributed by atoms with Crippen LogP contribution in [0, 0.1) is 5.92 Å². The van der Waals surface area contributed by atoms with Gasteiger partial charge in [-0.15, -0.1) is 0 Å². The summed E-state index contributed by atoms with van der Waals surface area (Å²) in [6, 6.07) is 0. The third-order valence-electron chi connectivity index (χ3n) is 2.74. The summed E-state index contributed by atoms with van der Waals surface area (Å²) in [6.45, 7) is 9.66. The molecule has 1 rings (SSSR count). The van der Waals surface area contributed by atoms with Crippen LogP contribution >= 0.6 is 0 Å². The Morgan fingerprint density at radius 2 is 1.87 bits per heavy atom. The van der Waals surface area contributed by atoms with Crippen molar-refractivity contribution in [2.45, 2.75) is 58.4 Å². The highest BCUT2D eigenvalue weighted by molar-refractivity contribution is 4.72. The molecule has 1 aliphatic rings. The SMILES string of the molecule is CC(C)(C)NCCCCOCCC1CC1. The minimum atomic E-state index is 0.257. The predicted octanol–water partition coefficient (Wildman–Crippen LogP) is 2.97.